The van der Waals surface area contributed by atoms with Crippen molar-refractivity contribution in [3.05, 3.63) is 0 Å². The highest BCUT2D eigenvalue weighted by Gasteiger charge is 2.63. The number of carbonyl (C=O) groups is 2. The third-order valence-corrected chi connectivity index (χ3v) is 6.79. The number of carboxylic acids is 1. The second-order valence-corrected chi connectivity index (χ2v) is 10.5. The Bertz CT molecular complexity index is 779. The molecule has 47 heavy (non-hydrogen) atoms. The van der Waals surface area contributed by atoms with E-state index in [0.717, 1.165) is 32.1 Å². The molecular formula is C33H65NO13. The molecule has 0 saturated carbocycles. The first-order valence-electron chi connectivity index (χ1n) is 17.5. The molecule has 0 radical (unpaired) electrons. The zero-order valence-electron chi connectivity index (χ0n) is 30.3. The zero-order valence-corrected chi connectivity index (χ0v) is 30.3. The minimum absolute atomic E-state index is 0.00196. The minimum atomic E-state index is -2.37. The molecule has 0 fully saturated rings. The van der Waals surface area contributed by atoms with Crippen molar-refractivity contribution in [2.75, 3.05) is 59.5 Å². The van der Waals surface area contributed by atoms with Crippen molar-refractivity contribution >= 4 is 11.9 Å². The predicted octanol–water partition coefficient (Wildman–Crippen LogP) is 5.09. The van der Waals surface area contributed by atoms with Crippen molar-refractivity contribution in [2.24, 2.45) is 5.73 Å². The van der Waals surface area contributed by atoms with Gasteiger partial charge in [0.2, 0.25) is 0 Å². The molecule has 0 heterocycles. The van der Waals surface area contributed by atoms with Crippen molar-refractivity contribution in [3.8, 4) is 0 Å². The normalized spacial score (nSPS) is 14.9. The van der Waals surface area contributed by atoms with Crippen molar-refractivity contribution in [1.82, 2.24) is 0 Å². The van der Waals surface area contributed by atoms with E-state index in [9.17, 15) is 9.59 Å². The molecule has 280 valence electrons. The molecule has 0 bridgehead atoms. The molecule has 0 rings (SSSR count). The van der Waals surface area contributed by atoms with E-state index in [-0.39, 0.29) is 52.3 Å². The van der Waals surface area contributed by atoms with Crippen LogP contribution in [0.5, 0.6) is 0 Å². The molecule has 2 unspecified atom stereocenters. The Morgan fingerprint density at radius 2 is 1.06 bits per heavy atom. The number of ether oxygens (including phenoxy) is 10. The van der Waals surface area contributed by atoms with Crippen LogP contribution in [-0.2, 0) is 57.0 Å². The van der Waals surface area contributed by atoms with Gasteiger partial charge in [-0.2, -0.15) is 0 Å². The molecule has 0 aliphatic rings. The van der Waals surface area contributed by atoms with Crippen LogP contribution in [0.3, 0.4) is 0 Å². The summed E-state index contributed by atoms with van der Waals surface area (Å²) in [5, 5.41) is 9.12. The predicted molar refractivity (Wildman–Crippen MR) is 174 cm³/mol. The fourth-order valence-electron chi connectivity index (χ4n) is 4.71. The summed E-state index contributed by atoms with van der Waals surface area (Å²) in [6.45, 7) is 16.2. The lowest BCUT2D eigenvalue weighted by Gasteiger charge is -2.45. The van der Waals surface area contributed by atoms with Gasteiger partial charge in [0.05, 0.1) is 19.8 Å². The molecule has 0 aromatic rings. The van der Waals surface area contributed by atoms with Crippen LogP contribution in [0.1, 0.15) is 113 Å². The standard InChI is InChI=1S/C33H65NO13/c1-9-17-19-24-38-28(31(39-11-3,40-12-4)41-13-5)23-26-46-32(42-14-6,43-15-7)33(44-16-8,45-25-20-18-10-2)47-30(37)27(34)21-22-29(35)36/h27-28H,9-26,34H2,1-8H3,(H,35,36)/t27-,28?,33?/m0/s1. The van der Waals surface area contributed by atoms with Crippen LogP contribution in [0, 0.1) is 0 Å². The van der Waals surface area contributed by atoms with E-state index < -0.39 is 42.0 Å². The quantitative estimate of drug-likeness (QED) is 0.0532. The minimum Gasteiger partial charge on any atom is -0.481 e. The zero-order chi connectivity index (χ0) is 35.6. The van der Waals surface area contributed by atoms with Crippen LogP contribution < -0.4 is 5.73 Å². The SMILES string of the molecule is CCCCCOC(CCOC(OCC)(OCC)C(OCC)(OCCCCC)OC(=O)[C@@H](N)CCC(=O)O)C(OCC)(OCC)OCC. The van der Waals surface area contributed by atoms with Gasteiger partial charge in [-0.1, -0.05) is 39.5 Å². The maximum Gasteiger partial charge on any atom is 0.416 e. The molecule has 0 aliphatic carbocycles. The lowest BCUT2D eigenvalue weighted by Crippen LogP contribution is -2.66. The molecule has 0 aromatic heterocycles. The smallest absolute Gasteiger partial charge is 0.416 e. The molecule has 3 atom stereocenters. The molecule has 0 aromatic carbocycles. The van der Waals surface area contributed by atoms with Crippen molar-refractivity contribution in [3.63, 3.8) is 0 Å². The highest BCUT2D eigenvalue weighted by atomic mass is 17.0. The summed E-state index contributed by atoms with van der Waals surface area (Å²) < 4.78 is 61.2. The lowest BCUT2D eigenvalue weighted by atomic mass is 10.2. The van der Waals surface area contributed by atoms with Crippen LogP contribution in [0.2, 0.25) is 0 Å². The Morgan fingerprint density at radius 1 is 0.596 bits per heavy atom. The largest absolute Gasteiger partial charge is 0.481 e. The molecule has 0 spiro atoms. The monoisotopic (exact) mass is 683 g/mol. The number of carboxylic acid groups (broad SMARTS) is 1. The fraction of sp³-hybridized carbons (Fsp3) is 0.939. The average molecular weight is 684 g/mol. The maximum atomic E-state index is 13.4. The Kier molecular flexibility index (Phi) is 25.6. The highest BCUT2D eigenvalue weighted by molar-refractivity contribution is 5.77. The van der Waals surface area contributed by atoms with Crippen LogP contribution in [0.25, 0.3) is 0 Å². The molecule has 0 saturated heterocycles. The second kappa shape index (κ2) is 26.4. The van der Waals surface area contributed by atoms with Gasteiger partial charge in [-0.05, 0) is 60.8 Å². The van der Waals surface area contributed by atoms with Gasteiger partial charge in [0.25, 0.3) is 0 Å². The number of hydrogen-bond donors (Lipinski definition) is 2. The van der Waals surface area contributed by atoms with Gasteiger partial charge in [-0.25, -0.2) is 0 Å². The van der Waals surface area contributed by atoms with E-state index in [1.165, 1.54) is 0 Å². The van der Waals surface area contributed by atoms with Gasteiger partial charge in [-0.3, -0.25) is 9.59 Å². The first-order chi connectivity index (χ1) is 22.6. The van der Waals surface area contributed by atoms with Crippen LogP contribution in [0.4, 0.5) is 0 Å². The van der Waals surface area contributed by atoms with E-state index in [1.807, 2.05) is 27.7 Å². The van der Waals surface area contributed by atoms with Crippen LogP contribution in [0.15, 0.2) is 0 Å². The molecular weight excluding hydrogens is 618 g/mol. The molecule has 0 amide bonds. The van der Waals surface area contributed by atoms with E-state index in [4.69, 9.17) is 58.2 Å². The third-order valence-electron chi connectivity index (χ3n) is 6.79. The topological polar surface area (TPSA) is 173 Å². The summed E-state index contributed by atoms with van der Waals surface area (Å²) >= 11 is 0. The Morgan fingerprint density at radius 3 is 1.53 bits per heavy atom. The molecule has 3 N–H and O–H groups in total. The molecule has 14 nitrogen and oxygen atoms in total. The first kappa shape index (κ1) is 45.5. The van der Waals surface area contributed by atoms with Gasteiger partial charge < -0.3 is 58.2 Å². The lowest BCUT2D eigenvalue weighted by molar-refractivity contribution is -0.551. The van der Waals surface area contributed by atoms with Crippen molar-refractivity contribution in [2.45, 2.75) is 143 Å². The second-order valence-electron chi connectivity index (χ2n) is 10.5. The number of rotatable bonds is 33. The number of esters is 1. The summed E-state index contributed by atoms with van der Waals surface area (Å²) in [6.07, 6.45) is 4.11. The first-order valence-corrected chi connectivity index (χ1v) is 17.5. The Labute approximate surface area is 282 Å². The van der Waals surface area contributed by atoms with Crippen molar-refractivity contribution < 1.29 is 62.1 Å². The number of aliphatic carboxylic acids is 1. The summed E-state index contributed by atoms with van der Waals surface area (Å²) in [5.74, 6) is -8.17. The fourth-order valence-corrected chi connectivity index (χ4v) is 4.71. The highest BCUT2D eigenvalue weighted by Crippen LogP contribution is 2.38. The number of carbonyl (C=O) groups excluding carboxylic acids is 1. The van der Waals surface area contributed by atoms with Gasteiger partial charge in [-0.15, -0.1) is 0 Å². The van der Waals surface area contributed by atoms with Crippen LogP contribution in [-0.4, -0.2) is 107 Å². The Balaban J connectivity index is 6.75. The molecule has 0 aliphatic heterocycles. The average Bonchev–Trinajstić information content (AvgIpc) is 3.03. The maximum absolute atomic E-state index is 13.4. The van der Waals surface area contributed by atoms with E-state index in [0.29, 0.717) is 32.8 Å². The number of unbranched alkanes of at least 4 members (excludes halogenated alkanes) is 4. The summed E-state index contributed by atoms with van der Waals surface area (Å²) in [6, 6.07) is -1.30. The van der Waals surface area contributed by atoms with Gasteiger partial charge in [0.15, 0.2) is 0 Å². The van der Waals surface area contributed by atoms with E-state index in [2.05, 4.69) is 6.92 Å². The van der Waals surface area contributed by atoms with Gasteiger partial charge in [0.1, 0.15) is 12.1 Å². The van der Waals surface area contributed by atoms with E-state index in [1.54, 1.807) is 20.8 Å². The Hall–Kier alpha value is -1.46. The number of hydrogen-bond acceptors (Lipinski definition) is 13. The van der Waals surface area contributed by atoms with E-state index >= 15 is 0 Å². The summed E-state index contributed by atoms with van der Waals surface area (Å²) in [4.78, 5) is 24.5. The third kappa shape index (κ3) is 15.7. The molecule has 14 heteroatoms. The van der Waals surface area contributed by atoms with Gasteiger partial charge >= 0.3 is 29.9 Å². The van der Waals surface area contributed by atoms with Crippen LogP contribution >= 0.6 is 0 Å². The summed E-state index contributed by atoms with van der Waals surface area (Å²) in [7, 11) is 0. The van der Waals surface area contributed by atoms with Crippen molar-refractivity contribution in [1.29, 1.82) is 0 Å². The summed E-state index contributed by atoms with van der Waals surface area (Å²) in [5.41, 5.74) is 6.05. The van der Waals surface area contributed by atoms with Gasteiger partial charge in [0, 0.05) is 52.5 Å². The number of nitrogens with two attached hydrogens (primary N) is 1.